The number of ether oxygens (including phenoxy) is 1. The van der Waals surface area contributed by atoms with Crippen LogP contribution in [0.5, 0.6) is 5.75 Å². The predicted octanol–water partition coefficient (Wildman–Crippen LogP) is 5.89. The van der Waals surface area contributed by atoms with Gasteiger partial charge >= 0.3 is 0 Å². The van der Waals surface area contributed by atoms with E-state index in [2.05, 4.69) is 73.4 Å². The molecule has 2 atom stereocenters. The molecule has 3 aromatic rings. The summed E-state index contributed by atoms with van der Waals surface area (Å²) in [6.45, 7) is 11.9. The predicted molar refractivity (Wildman–Crippen MR) is 142 cm³/mol. The first-order valence-corrected chi connectivity index (χ1v) is 12.7. The van der Waals surface area contributed by atoms with Crippen molar-refractivity contribution in [3.8, 4) is 5.75 Å². The third-order valence-electron chi connectivity index (χ3n) is 6.89. The number of hydrogen-bond acceptors (Lipinski definition) is 3. The second kappa shape index (κ2) is 12.6. The lowest BCUT2D eigenvalue weighted by Crippen LogP contribution is -2.34. The van der Waals surface area contributed by atoms with Crippen LogP contribution in [-0.2, 0) is 11.2 Å². The third kappa shape index (κ3) is 6.41. The Morgan fingerprint density at radius 3 is 2.59 bits per heavy atom. The minimum atomic E-state index is -0.0566. The molecule has 1 heterocycles. The Morgan fingerprint density at radius 2 is 1.88 bits per heavy atom. The highest BCUT2D eigenvalue weighted by Gasteiger charge is 2.23. The number of nitrogens with zero attached hydrogens (tertiary/aromatic N) is 1. The fourth-order valence-corrected chi connectivity index (χ4v) is 4.84. The van der Waals surface area contributed by atoms with Crippen molar-refractivity contribution < 1.29 is 9.53 Å². The molecule has 0 bridgehead atoms. The molecule has 0 saturated carbocycles. The van der Waals surface area contributed by atoms with Gasteiger partial charge in [-0.1, -0.05) is 51.1 Å². The van der Waals surface area contributed by atoms with Crippen LogP contribution in [0.15, 0.2) is 48.7 Å². The fourth-order valence-electron chi connectivity index (χ4n) is 4.84. The number of aromatic nitrogens is 1. The van der Waals surface area contributed by atoms with Crippen molar-refractivity contribution in [2.45, 2.75) is 65.3 Å². The molecular formula is C29H41N3O2. The van der Waals surface area contributed by atoms with E-state index in [-0.39, 0.29) is 17.9 Å². The van der Waals surface area contributed by atoms with Crippen molar-refractivity contribution in [2.24, 2.45) is 0 Å². The first-order chi connectivity index (χ1) is 16.5. The standard InChI is InChI=1S/C29H41N3O2/c1-6-22-13-10-16-25-27(20-30-29(22)25)26(23-14-9-15-24(18-23)34-5)19-28(33)31-21(4)12-11-17-32(7-2)8-3/h9-10,13-16,18,20-21,26,30H,6-8,11-12,17,19H2,1-5H3,(H,31,33). The quantitative estimate of drug-likeness (QED) is 0.332. The van der Waals surface area contributed by atoms with Gasteiger partial charge in [0.1, 0.15) is 5.75 Å². The Labute approximate surface area is 204 Å². The van der Waals surface area contributed by atoms with E-state index in [1.165, 1.54) is 10.9 Å². The molecule has 1 amide bonds. The van der Waals surface area contributed by atoms with E-state index in [9.17, 15) is 4.79 Å². The zero-order chi connectivity index (χ0) is 24.5. The summed E-state index contributed by atoms with van der Waals surface area (Å²) >= 11 is 0. The number of H-pyrrole nitrogens is 1. The first kappa shape index (κ1) is 25.8. The summed E-state index contributed by atoms with van der Waals surface area (Å²) in [5.74, 6) is 0.838. The number of fused-ring (bicyclic) bond motifs is 1. The Hall–Kier alpha value is -2.79. The van der Waals surface area contributed by atoms with Crippen molar-refractivity contribution >= 4 is 16.8 Å². The van der Waals surface area contributed by atoms with Gasteiger partial charge in [-0.25, -0.2) is 0 Å². The fraction of sp³-hybridized carbons (Fsp3) is 0.483. The van der Waals surface area contributed by atoms with E-state index >= 15 is 0 Å². The number of carbonyl (C=O) groups is 1. The number of amides is 1. The van der Waals surface area contributed by atoms with Gasteiger partial charge < -0.3 is 19.9 Å². The average Bonchev–Trinajstić information content (AvgIpc) is 3.29. The number of carbonyl (C=O) groups excluding carboxylic acids is 1. The van der Waals surface area contributed by atoms with Crippen LogP contribution in [0, 0.1) is 0 Å². The lowest BCUT2D eigenvalue weighted by Gasteiger charge is -2.21. The summed E-state index contributed by atoms with van der Waals surface area (Å²) in [6, 6.07) is 14.7. The SMILES string of the molecule is CCc1cccc2c(C(CC(=O)NC(C)CCCN(CC)CC)c3cccc(OC)c3)c[nH]c12. The summed E-state index contributed by atoms with van der Waals surface area (Å²) in [5.41, 5.74) is 4.70. The van der Waals surface area contributed by atoms with Crippen molar-refractivity contribution in [3.63, 3.8) is 0 Å². The van der Waals surface area contributed by atoms with E-state index in [4.69, 9.17) is 4.74 Å². The largest absolute Gasteiger partial charge is 0.497 e. The molecule has 3 rings (SSSR count). The van der Waals surface area contributed by atoms with Gasteiger partial charge in [0, 0.05) is 35.5 Å². The Bertz CT molecular complexity index is 1050. The normalized spacial score (nSPS) is 13.2. The molecule has 0 spiro atoms. The maximum atomic E-state index is 13.2. The highest BCUT2D eigenvalue weighted by atomic mass is 16.5. The van der Waals surface area contributed by atoms with Crippen LogP contribution in [0.4, 0.5) is 0 Å². The van der Waals surface area contributed by atoms with E-state index < -0.39 is 0 Å². The summed E-state index contributed by atoms with van der Waals surface area (Å²) in [6.07, 6.45) is 5.52. The zero-order valence-electron chi connectivity index (χ0n) is 21.5. The molecule has 184 valence electrons. The zero-order valence-corrected chi connectivity index (χ0v) is 21.5. The topological polar surface area (TPSA) is 57.4 Å². The van der Waals surface area contributed by atoms with Crippen LogP contribution in [-0.4, -0.2) is 48.6 Å². The Morgan fingerprint density at radius 1 is 1.12 bits per heavy atom. The Kier molecular flexibility index (Phi) is 9.58. The second-order valence-corrected chi connectivity index (χ2v) is 9.11. The molecule has 0 saturated heterocycles. The molecule has 0 fully saturated rings. The maximum Gasteiger partial charge on any atom is 0.221 e. The number of nitrogens with one attached hydrogen (secondary N) is 2. The van der Waals surface area contributed by atoms with Crippen molar-refractivity contribution in [1.82, 2.24) is 15.2 Å². The van der Waals surface area contributed by atoms with Crippen LogP contribution in [0.1, 0.15) is 69.6 Å². The molecule has 2 N–H and O–H groups in total. The summed E-state index contributed by atoms with van der Waals surface area (Å²) in [5, 5.41) is 4.44. The molecule has 5 nitrogen and oxygen atoms in total. The summed E-state index contributed by atoms with van der Waals surface area (Å²) in [7, 11) is 1.68. The molecular weight excluding hydrogens is 422 g/mol. The van der Waals surface area contributed by atoms with Crippen molar-refractivity contribution in [1.29, 1.82) is 0 Å². The van der Waals surface area contributed by atoms with E-state index in [0.717, 1.165) is 61.3 Å². The monoisotopic (exact) mass is 463 g/mol. The van der Waals surface area contributed by atoms with E-state index in [0.29, 0.717) is 6.42 Å². The number of para-hydroxylation sites is 1. The Balaban J connectivity index is 1.80. The van der Waals surface area contributed by atoms with Gasteiger partial charge in [-0.05, 0) is 74.6 Å². The van der Waals surface area contributed by atoms with Gasteiger partial charge in [-0.15, -0.1) is 0 Å². The third-order valence-corrected chi connectivity index (χ3v) is 6.89. The lowest BCUT2D eigenvalue weighted by molar-refractivity contribution is -0.121. The second-order valence-electron chi connectivity index (χ2n) is 9.11. The smallest absolute Gasteiger partial charge is 0.221 e. The van der Waals surface area contributed by atoms with Crippen LogP contribution >= 0.6 is 0 Å². The first-order valence-electron chi connectivity index (χ1n) is 12.7. The number of rotatable bonds is 13. The number of aryl methyl sites for hydroxylation is 1. The van der Waals surface area contributed by atoms with Gasteiger partial charge in [-0.3, -0.25) is 4.79 Å². The molecule has 1 aromatic heterocycles. The molecule has 0 radical (unpaired) electrons. The van der Waals surface area contributed by atoms with Crippen molar-refractivity contribution in [3.05, 3.63) is 65.4 Å². The van der Waals surface area contributed by atoms with E-state index in [1.54, 1.807) is 7.11 Å². The van der Waals surface area contributed by atoms with Crippen LogP contribution < -0.4 is 10.1 Å². The molecule has 0 aliphatic carbocycles. The minimum absolute atomic E-state index is 0.0566. The number of benzene rings is 2. The highest BCUT2D eigenvalue weighted by molar-refractivity contribution is 5.88. The summed E-state index contributed by atoms with van der Waals surface area (Å²) < 4.78 is 5.49. The number of methoxy groups -OCH3 is 1. The lowest BCUT2D eigenvalue weighted by atomic mass is 9.87. The molecule has 34 heavy (non-hydrogen) atoms. The van der Waals surface area contributed by atoms with Gasteiger partial charge in [0.15, 0.2) is 0 Å². The van der Waals surface area contributed by atoms with Crippen molar-refractivity contribution in [2.75, 3.05) is 26.7 Å². The van der Waals surface area contributed by atoms with Gasteiger partial charge in [0.05, 0.1) is 7.11 Å². The van der Waals surface area contributed by atoms with Gasteiger partial charge in [-0.2, -0.15) is 0 Å². The molecule has 0 aliphatic heterocycles. The number of hydrogen-bond donors (Lipinski definition) is 2. The average molecular weight is 464 g/mol. The van der Waals surface area contributed by atoms with E-state index in [1.807, 2.05) is 18.2 Å². The van der Waals surface area contributed by atoms with Crippen LogP contribution in [0.25, 0.3) is 10.9 Å². The highest BCUT2D eigenvalue weighted by Crippen LogP contribution is 2.35. The maximum absolute atomic E-state index is 13.2. The minimum Gasteiger partial charge on any atom is -0.497 e. The van der Waals surface area contributed by atoms with Gasteiger partial charge in [0.2, 0.25) is 5.91 Å². The van der Waals surface area contributed by atoms with Crippen LogP contribution in [0.3, 0.4) is 0 Å². The molecule has 2 aromatic carbocycles. The molecule has 2 unspecified atom stereocenters. The molecule has 0 aliphatic rings. The summed E-state index contributed by atoms with van der Waals surface area (Å²) in [4.78, 5) is 19.1. The van der Waals surface area contributed by atoms with Gasteiger partial charge in [0.25, 0.3) is 0 Å². The number of aromatic amines is 1. The van der Waals surface area contributed by atoms with Crippen LogP contribution in [0.2, 0.25) is 0 Å². The molecule has 5 heteroatoms.